The van der Waals surface area contributed by atoms with Crippen molar-refractivity contribution in [2.45, 2.75) is 27.3 Å². The average Bonchev–Trinajstić information content (AvgIpc) is 2.94. The Kier molecular flexibility index (Phi) is 5.27. The third kappa shape index (κ3) is 4.49. The molecule has 1 saturated heterocycles. The van der Waals surface area contributed by atoms with Crippen molar-refractivity contribution in [3.63, 3.8) is 0 Å². The first-order valence-electron chi connectivity index (χ1n) is 7.15. The number of thioether (sulfide) groups is 1. The van der Waals surface area contributed by atoms with E-state index >= 15 is 0 Å². The second-order valence-corrected chi connectivity index (χ2v) is 6.60. The zero-order valence-corrected chi connectivity index (χ0v) is 13.6. The van der Waals surface area contributed by atoms with Gasteiger partial charge < -0.3 is 10.2 Å². The molecular weight excluding hydrogens is 288 g/mol. The minimum atomic E-state index is -0.0916. The van der Waals surface area contributed by atoms with Gasteiger partial charge in [0.05, 0.1) is 5.69 Å². The number of carbonyl (C=O) groups is 2. The molecule has 2 rings (SSSR count). The third-order valence-electron chi connectivity index (χ3n) is 3.42. The lowest BCUT2D eigenvalue weighted by molar-refractivity contribution is -0.121. The van der Waals surface area contributed by atoms with Crippen LogP contribution in [0.1, 0.15) is 18.3 Å². The summed E-state index contributed by atoms with van der Waals surface area (Å²) in [5, 5.41) is 7.31. The molecule has 1 fully saturated rings. The van der Waals surface area contributed by atoms with E-state index in [1.807, 2.05) is 24.6 Å². The maximum absolute atomic E-state index is 11.8. The van der Waals surface area contributed by atoms with Gasteiger partial charge in [0.2, 0.25) is 5.91 Å². The number of hydrogen-bond donors (Lipinski definition) is 1. The molecule has 1 aliphatic heterocycles. The van der Waals surface area contributed by atoms with Crippen molar-refractivity contribution >= 4 is 22.9 Å². The van der Waals surface area contributed by atoms with Crippen molar-refractivity contribution in [3.05, 3.63) is 17.5 Å². The van der Waals surface area contributed by atoms with Crippen molar-refractivity contribution < 1.29 is 9.59 Å². The molecule has 0 aromatic carbocycles. The molecule has 116 valence electrons. The second kappa shape index (κ2) is 6.98. The van der Waals surface area contributed by atoms with Crippen LogP contribution in [0.25, 0.3) is 0 Å². The summed E-state index contributed by atoms with van der Waals surface area (Å²) in [6.07, 6.45) is 0. The van der Waals surface area contributed by atoms with E-state index in [0.717, 1.165) is 23.7 Å². The molecule has 2 heterocycles. The predicted molar refractivity (Wildman–Crippen MR) is 83.3 cm³/mol. The minimum Gasteiger partial charge on any atom is -0.354 e. The Hall–Kier alpha value is -1.50. The molecule has 0 bridgehead atoms. The molecule has 0 aliphatic carbocycles. The summed E-state index contributed by atoms with van der Waals surface area (Å²) < 4.78 is 1.97. The number of nitrogens with one attached hydrogen (secondary N) is 1. The summed E-state index contributed by atoms with van der Waals surface area (Å²) in [7, 11) is 0. The Balaban J connectivity index is 1.73. The van der Waals surface area contributed by atoms with Gasteiger partial charge >= 0.3 is 0 Å². The van der Waals surface area contributed by atoms with Gasteiger partial charge in [-0.1, -0.05) is 18.7 Å². The predicted octanol–water partition coefficient (Wildman–Crippen LogP) is 1.42. The van der Waals surface area contributed by atoms with Crippen LogP contribution in [-0.2, 0) is 11.3 Å². The number of carbonyl (C=O) groups excluding carboxylic acids is 2. The smallest absolute Gasteiger partial charge is 0.282 e. The minimum absolute atomic E-state index is 0.000777. The van der Waals surface area contributed by atoms with Crippen LogP contribution in [0.2, 0.25) is 0 Å². The molecular formula is C14H22N4O2S. The van der Waals surface area contributed by atoms with Crippen molar-refractivity contribution in [1.82, 2.24) is 20.0 Å². The average molecular weight is 310 g/mol. The van der Waals surface area contributed by atoms with Gasteiger partial charge in [-0.2, -0.15) is 5.10 Å². The van der Waals surface area contributed by atoms with Crippen LogP contribution in [0.15, 0.2) is 6.07 Å². The Labute approximate surface area is 129 Å². The molecule has 7 heteroatoms. The highest BCUT2D eigenvalue weighted by molar-refractivity contribution is 8.13. The van der Waals surface area contributed by atoms with E-state index < -0.39 is 0 Å². The van der Waals surface area contributed by atoms with Crippen LogP contribution in [0.3, 0.4) is 0 Å². The fraction of sp³-hybridized carbons (Fsp3) is 0.643. The summed E-state index contributed by atoms with van der Waals surface area (Å²) in [4.78, 5) is 24.9. The Morgan fingerprint density at radius 3 is 2.86 bits per heavy atom. The van der Waals surface area contributed by atoms with Crippen LogP contribution in [0.4, 0.5) is 4.79 Å². The Bertz CT molecular complexity index is 529. The van der Waals surface area contributed by atoms with Crippen LogP contribution in [0.5, 0.6) is 0 Å². The normalized spacial score (nSPS) is 16.3. The van der Waals surface area contributed by atoms with E-state index in [1.54, 1.807) is 4.90 Å². The van der Waals surface area contributed by atoms with Crippen molar-refractivity contribution in [3.8, 4) is 0 Å². The molecule has 21 heavy (non-hydrogen) atoms. The molecule has 0 saturated carbocycles. The summed E-state index contributed by atoms with van der Waals surface area (Å²) in [5.41, 5.74) is 2.14. The molecule has 1 aromatic rings. The highest BCUT2D eigenvalue weighted by atomic mass is 32.2. The Morgan fingerprint density at radius 1 is 1.52 bits per heavy atom. The van der Waals surface area contributed by atoms with Gasteiger partial charge in [0.1, 0.15) is 6.54 Å². The topological polar surface area (TPSA) is 67.2 Å². The highest BCUT2D eigenvalue weighted by Gasteiger charge is 2.23. The van der Waals surface area contributed by atoms with Gasteiger partial charge in [0, 0.05) is 31.1 Å². The summed E-state index contributed by atoms with van der Waals surface area (Å²) in [5.74, 6) is 0.974. The monoisotopic (exact) mass is 310 g/mol. The maximum Gasteiger partial charge on any atom is 0.282 e. The van der Waals surface area contributed by atoms with Crippen LogP contribution in [-0.4, -0.2) is 51.2 Å². The van der Waals surface area contributed by atoms with Gasteiger partial charge in [0.15, 0.2) is 0 Å². The van der Waals surface area contributed by atoms with E-state index in [4.69, 9.17) is 0 Å². The van der Waals surface area contributed by atoms with Crippen LogP contribution in [0, 0.1) is 19.8 Å². The molecule has 1 unspecified atom stereocenters. The van der Waals surface area contributed by atoms with Gasteiger partial charge in [-0.25, -0.2) is 0 Å². The molecule has 1 atom stereocenters. The van der Waals surface area contributed by atoms with E-state index in [1.165, 1.54) is 11.8 Å². The zero-order valence-electron chi connectivity index (χ0n) is 12.8. The molecule has 0 spiro atoms. The van der Waals surface area contributed by atoms with Crippen LogP contribution >= 0.6 is 11.8 Å². The first kappa shape index (κ1) is 15.9. The third-order valence-corrected chi connectivity index (χ3v) is 4.31. The first-order valence-corrected chi connectivity index (χ1v) is 8.13. The van der Waals surface area contributed by atoms with E-state index in [0.29, 0.717) is 13.1 Å². The van der Waals surface area contributed by atoms with E-state index in [9.17, 15) is 9.59 Å². The van der Waals surface area contributed by atoms with Crippen molar-refractivity contribution in [2.24, 2.45) is 5.92 Å². The van der Waals surface area contributed by atoms with Crippen LogP contribution < -0.4 is 5.32 Å². The zero-order chi connectivity index (χ0) is 15.4. The summed E-state index contributed by atoms with van der Waals surface area (Å²) in [6, 6.07) is 2.04. The van der Waals surface area contributed by atoms with E-state index in [-0.39, 0.29) is 23.6 Å². The summed E-state index contributed by atoms with van der Waals surface area (Å²) >= 11 is 1.27. The Morgan fingerprint density at radius 2 is 2.29 bits per heavy atom. The molecule has 1 aromatic heterocycles. The lowest BCUT2D eigenvalue weighted by Crippen LogP contribution is -2.39. The van der Waals surface area contributed by atoms with Gasteiger partial charge in [0.25, 0.3) is 5.24 Å². The van der Waals surface area contributed by atoms with Gasteiger partial charge in [-0.05, 0) is 25.8 Å². The molecule has 1 N–H and O–H groups in total. The lowest BCUT2D eigenvalue weighted by atomic mass is 10.2. The van der Waals surface area contributed by atoms with E-state index in [2.05, 4.69) is 17.3 Å². The first-order chi connectivity index (χ1) is 9.95. The maximum atomic E-state index is 11.8. The molecule has 0 radical (unpaired) electrons. The highest BCUT2D eigenvalue weighted by Crippen LogP contribution is 2.16. The fourth-order valence-corrected chi connectivity index (χ4v) is 3.13. The standard InChI is InChI=1S/C14H22N4O2S/c1-10(8-18-12(3)6-11(2)16-18)7-15-13(19)9-17-4-5-21-14(17)20/h6,10H,4-5,7-9H2,1-3H3,(H,15,19). The van der Waals surface area contributed by atoms with Crippen molar-refractivity contribution in [2.75, 3.05) is 25.4 Å². The second-order valence-electron chi connectivity index (χ2n) is 5.55. The number of amides is 2. The number of hydrogen-bond acceptors (Lipinski definition) is 4. The van der Waals surface area contributed by atoms with Gasteiger partial charge in [-0.15, -0.1) is 0 Å². The molecule has 1 aliphatic rings. The number of rotatable bonds is 6. The fourth-order valence-electron chi connectivity index (χ4n) is 2.31. The number of aryl methyl sites for hydroxylation is 2. The number of aromatic nitrogens is 2. The SMILES string of the molecule is Cc1cc(C)n(CC(C)CNC(=O)CN2CCSC2=O)n1. The van der Waals surface area contributed by atoms with Gasteiger partial charge in [-0.3, -0.25) is 14.3 Å². The molecule has 6 nitrogen and oxygen atoms in total. The quantitative estimate of drug-likeness (QED) is 0.863. The van der Waals surface area contributed by atoms with Crippen molar-refractivity contribution in [1.29, 1.82) is 0 Å². The number of nitrogens with zero attached hydrogens (tertiary/aromatic N) is 3. The summed E-state index contributed by atoms with van der Waals surface area (Å²) in [6.45, 7) is 8.28. The lowest BCUT2D eigenvalue weighted by Gasteiger charge is -2.17. The molecule has 2 amide bonds. The largest absolute Gasteiger partial charge is 0.354 e.